The van der Waals surface area contributed by atoms with Crippen LogP contribution < -0.4 is 10.5 Å². The fraction of sp³-hybridized carbons (Fsp3) is 0.368. The van der Waals surface area contributed by atoms with Gasteiger partial charge in [-0.05, 0) is 43.4 Å². The van der Waals surface area contributed by atoms with E-state index in [0.29, 0.717) is 6.61 Å². The third-order valence-corrected chi connectivity index (χ3v) is 3.77. The number of hydrogen-bond acceptors (Lipinski definition) is 2. The summed E-state index contributed by atoms with van der Waals surface area (Å²) in [6, 6.07) is 14.9. The normalized spacial score (nSPS) is 12.2. The molecule has 2 nitrogen and oxygen atoms in total. The highest BCUT2D eigenvalue weighted by Gasteiger charge is 2.10. The third-order valence-electron chi connectivity index (χ3n) is 3.77. The number of benzene rings is 2. The minimum atomic E-state index is 0.188. The predicted molar refractivity (Wildman–Crippen MR) is 88.7 cm³/mol. The number of hydrogen-bond donors (Lipinski definition) is 1. The smallest absolute Gasteiger partial charge is 0.125 e. The summed E-state index contributed by atoms with van der Waals surface area (Å²) >= 11 is 0. The molecule has 0 aromatic heterocycles. The van der Waals surface area contributed by atoms with Crippen LogP contribution in [0.4, 0.5) is 0 Å². The molecule has 0 amide bonds. The van der Waals surface area contributed by atoms with Crippen molar-refractivity contribution in [1.29, 1.82) is 0 Å². The van der Waals surface area contributed by atoms with Gasteiger partial charge in [-0.15, -0.1) is 0 Å². The minimum absolute atomic E-state index is 0.188. The Hall–Kier alpha value is -1.80. The van der Waals surface area contributed by atoms with Gasteiger partial charge in [-0.1, -0.05) is 55.0 Å². The molecular formula is C19H25NO. The SMILES string of the molecule is CCC(N)Cc1cccc(C)c1OCc1cccc(C)c1. The van der Waals surface area contributed by atoms with Gasteiger partial charge in [0.2, 0.25) is 0 Å². The Morgan fingerprint density at radius 2 is 1.86 bits per heavy atom. The summed E-state index contributed by atoms with van der Waals surface area (Å²) < 4.78 is 6.10. The van der Waals surface area contributed by atoms with Crippen molar-refractivity contribution in [2.45, 2.75) is 46.3 Å². The summed E-state index contributed by atoms with van der Waals surface area (Å²) in [6.45, 7) is 6.91. The fourth-order valence-corrected chi connectivity index (χ4v) is 2.46. The number of aryl methyl sites for hydroxylation is 2. The molecule has 0 saturated heterocycles. The Morgan fingerprint density at radius 1 is 1.10 bits per heavy atom. The van der Waals surface area contributed by atoms with E-state index in [1.165, 1.54) is 22.3 Å². The van der Waals surface area contributed by atoms with Crippen LogP contribution in [0.5, 0.6) is 5.75 Å². The first-order valence-electron chi connectivity index (χ1n) is 7.62. The Morgan fingerprint density at radius 3 is 2.57 bits per heavy atom. The molecule has 0 bridgehead atoms. The number of rotatable bonds is 6. The zero-order valence-electron chi connectivity index (χ0n) is 13.2. The van der Waals surface area contributed by atoms with E-state index < -0.39 is 0 Å². The second-order valence-corrected chi connectivity index (χ2v) is 5.71. The molecule has 0 aliphatic rings. The van der Waals surface area contributed by atoms with E-state index in [4.69, 9.17) is 10.5 Å². The molecule has 21 heavy (non-hydrogen) atoms. The van der Waals surface area contributed by atoms with Crippen molar-refractivity contribution in [1.82, 2.24) is 0 Å². The van der Waals surface area contributed by atoms with Gasteiger partial charge in [0.15, 0.2) is 0 Å². The first-order valence-corrected chi connectivity index (χ1v) is 7.62. The summed E-state index contributed by atoms with van der Waals surface area (Å²) in [5.41, 5.74) is 10.9. The average molecular weight is 283 g/mol. The van der Waals surface area contributed by atoms with Gasteiger partial charge in [0.1, 0.15) is 12.4 Å². The minimum Gasteiger partial charge on any atom is -0.488 e. The number of para-hydroxylation sites is 1. The maximum absolute atomic E-state index is 6.10. The molecule has 2 aromatic rings. The number of nitrogens with two attached hydrogens (primary N) is 1. The molecule has 2 heteroatoms. The lowest BCUT2D eigenvalue weighted by atomic mass is 10.0. The van der Waals surface area contributed by atoms with Crippen molar-refractivity contribution in [2.24, 2.45) is 5.73 Å². The van der Waals surface area contributed by atoms with Gasteiger partial charge in [0, 0.05) is 6.04 Å². The largest absolute Gasteiger partial charge is 0.488 e. The lowest BCUT2D eigenvalue weighted by Gasteiger charge is -2.16. The maximum Gasteiger partial charge on any atom is 0.125 e. The molecule has 1 unspecified atom stereocenters. The van der Waals surface area contributed by atoms with Crippen LogP contribution >= 0.6 is 0 Å². The van der Waals surface area contributed by atoms with Crippen LogP contribution in [0, 0.1) is 13.8 Å². The highest BCUT2D eigenvalue weighted by Crippen LogP contribution is 2.26. The molecule has 0 radical (unpaired) electrons. The maximum atomic E-state index is 6.10. The van der Waals surface area contributed by atoms with Crippen LogP contribution in [0.15, 0.2) is 42.5 Å². The Labute approximate surface area is 127 Å². The standard InChI is InChI=1S/C19H25NO/c1-4-18(20)12-17-10-6-8-15(3)19(17)21-13-16-9-5-7-14(2)11-16/h5-11,18H,4,12-13,20H2,1-3H3. The fourth-order valence-electron chi connectivity index (χ4n) is 2.46. The van der Waals surface area contributed by atoms with E-state index in [-0.39, 0.29) is 6.04 Å². The second kappa shape index (κ2) is 7.28. The topological polar surface area (TPSA) is 35.2 Å². The molecule has 2 N–H and O–H groups in total. The van der Waals surface area contributed by atoms with E-state index in [0.717, 1.165) is 18.6 Å². The molecule has 2 rings (SSSR count). The molecule has 2 aromatic carbocycles. The average Bonchev–Trinajstić information content (AvgIpc) is 2.46. The molecule has 0 spiro atoms. The van der Waals surface area contributed by atoms with Gasteiger partial charge in [-0.25, -0.2) is 0 Å². The predicted octanol–water partition coefficient (Wildman–Crippen LogP) is 4.16. The molecular weight excluding hydrogens is 258 g/mol. The van der Waals surface area contributed by atoms with Crippen molar-refractivity contribution in [3.05, 3.63) is 64.7 Å². The van der Waals surface area contributed by atoms with Crippen molar-refractivity contribution in [3.8, 4) is 5.75 Å². The zero-order chi connectivity index (χ0) is 15.2. The van der Waals surface area contributed by atoms with Crippen molar-refractivity contribution in [3.63, 3.8) is 0 Å². The lowest BCUT2D eigenvalue weighted by Crippen LogP contribution is -2.21. The van der Waals surface area contributed by atoms with Crippen LogP contribution in [0.3, 0.4) is 0 Å². The van der Waals surface area contributed by atoms with Gasteiger partial charge >= 0.3 is 0 Å². The Balaban J connectivity index is 2.15. The summed E-state index contributed by atoms with van der Waals surface area (Å²) in [5.74, 6) is 0.989. The van der Waals surface area contributed by atoms with Crippen LogP contribution in [-0.4, -0.2) is 6.04 Å². The Kier molecular flexibility index (Phi) is 5.40. The summed E-state index contributed by atoms with van der Waals surface area (Å²) in [7, 11) is 0. The van der Waals surface area contributed by atoms with Crippen LogP contribution in [0.2, 0.25) is 0 Å². The summed E-state index contributed by atoms with van der Waals surface area (Å²) in [6.07, 6.45) is 1.84. The van der Waals surface area contributed by atoms with Gasteiger partial charge in [0.25, 0.3) is 0 Å². The first kappa shape index (κ1) is 15.6. The van der Waals surface area contributed by atoms with Gasteiger partial charge in [-0.3, -0.25) is 0 Å². The second-order valence-electron chi connectivity index (χ2n) is 5.71. The molecule has 112 valence electrons. The van der Waals surface area contributed by atoms with E-state index in [9.17, 15) is 0 Å². The van der Waals surface area contributed by atoms with E-state index in [2.05, 4.69) is 63.2 Å². The molecule has 0 fully saturated rings. The van der Waals surface area contributed by atoms with Crippen molar-refractivity contribution >= 4 is 0 Å². The monoisotopic (exact) mass is 283 g/mol. The summed E-state index contributed by atoms with van der Waals surface area (Å²) in [5, 5.41) is 0. The first-order chi connectivity index (χ1) is 10.1. The van der Waals surface area contributed by atoms with Crippen LogP contribution in [-0.2, 0) is 13.0 Å². The van der Waals surface area contributed by atoms with Gasteiger partial charge in [-0.2, -0.15) is 0 Å². The van der Waals surface area contributed by atoms with E-state index in [1.54, 1.807) is 0 Å². The molecule has 1 atom stereocenters. The van der Waals surface area contributed by atoms with Crippen molar-refractivity contribution < 1.29 is 4.74 Å². The van der Waals surface area contributed by atoms with Crippen molar-refractivity contribution in [2.75, 3.05) is 0 Å². The molecule has 0 saturated carbocycles. The molecule has 0 aliphatic heterocycles. The van der Waals surface area contributed by atoms with Gasteiger partial charge in [0.05, 0.1) is 0 Å². The van der Waals surface area contributed by atoms with Crippen LogP contribution in [0.1, 0.15) is 35.6 Å². The summed E-state index contributed by atoms with van der Waals surface area (Å²) in [4.78, 5) is 0. The quantitative estimate of drug-likeness (QED) is 0.864. The highest BCUT2D eigenvalue weighted by atomic mass is 16.5. The lowest BCUT2D eigenvalue weighted by molar-refractivity contribution is 0.300. The number of ether oxygens (including phenoxy) is 1. The van der Waals surface area contributed by atoms with Gasteiger partial charge < -0.3 is 10.5 Å². The highest BCUT2D eigenvalue weighted by molar-refractivity contribution is 5.41. The zero-order valence-corrected chi connectivity index (χ0v) is 13.2. The molecule has 0 heterocycles. The van der Waals surface area contributed by atoms with E-state index >= 15 is 0 Å². The van der Waals surface area contributed by atoms with Crippen LogP contribution in [0.25, 0.3) is 0 Å². The Bertz CT molecular complexity index is 592. The van der Waals surface area contributed by atoms with E-state index in [1.807, 2.05) is 0 Å². The molecule has 0 aliphatic carbocycles. The third kappa shape index (κ3) is 4.33.